The molecule has 1 aromatic rings. The molecule has 96 valence electrons. The highest BCUT2D eigenvalue weighted by Crippen LogP contribution is 2.23. The topological polar surface area (TPSA) is 41.1 Å². The van der Waals surface area contributed by atoms with Crippen molar-refractivity contribution in [2.45, 2.75) is 39.2 Å². The summed E-state index contributed by atoms with van der Waals surface area (Å²) in [6, 6.07) is 4.32. The first kappa shape index (κ1) is 14.2. The minimum atomic E-state index is 0.137. The number of rotatable bonds is 8. The van der Waals surface area contributed by atoms with E-state index in [0.717, 1.165) is 25.9 Å². The molecule has 2 N–H and O–H groups in total. The zero-order chi connectivity index (χ0) is 12.5. The second kappa shape index (κ2) is 8.25. The van der Waals surface area contributed by atoms with Crippen LogP contribution in [-0.4, -0.2) is 19.0 Å². The molecule has 0 spiro atoms. The minimum absolute atomic E-state index is 0.137. The molecule has 0 fully saturated rings. The monoisotopic (exact) mass is 254 g/mol. The van der Waals surface area contributed by atoms with Crippen LogP contribution >= 0.6 is 11.3 Å². The van der Waals surface area contributed by atoms with Crippen LogP contribution in [0.3, 0.4) is 0 Å². The van der Waals surface area contributed by atoms with Crippen LogP contribution in [-0.2, 0) is 4.79 Å². The molecule has 3 nitrogen and oxygen atoms in total. The van der Waals surface area contributed by atoms with Crippen LogP contribution in [0, 0.1) is 0 Å². The predicted molar refractivity (Wildman–Crippen MR) is 73.3 cm³/mol. The molecule has 1 amide bonds. The summed E-state index contributed by atoms with van der Waals surface area (Å²) in [4.78, 5) is 13.0. The maximum absolute atomic E-state index is 11.8. The maximum atomic E-state index is 11.8. The molecule has 0 aliphatic heterocycles. The van der Waals surface area contributed by atoms with Crippen molar-refractivity contribution in [1.82, 2.24) is 10.6 Å². The lowest BCUT2D eigenvalue weighted by Crippen LogP contribution is -2.30. The molecule has 1 aromatic heterocycles. The van der Waals surface area contributed by atoms with E-state index in [1.54, 1.807) is 11.3 Å². The Morgan fingerprint density at radius 1 is 1.47 bits per heavy atom. The van der Waals surface area contributed by atoms with Crippen molar-refractivity contribution in [3.63, 3.8) is 0 Å². The quantitative estimate of drug-likeness (QED) is 0.700. The van der Waals surface area contributed by atoms with E-state index in [1.165, 1.54) is 4.88 Å². The van der Waals surface area contributed by atoms with Crippen LogP contribution in [0.25, 0.3) is 0 Å². The van der Waals surface area contributed by atoms with Crippen molar-refractivity contribution in [1.29, 1.82) is 0 Å². The lowest BCUT2D eigenvalue weighted by Gasteiger charge is -2.16. The zero-order valence-electron chi connectivity index (χ0n) is 10.7. The molecule has 1 heterocycles. The molecule has 0 saturated carbocycles. The SMILES string of the molecule is CCCC(NC(=O)CCNCC)c1cccs1. The lowest BCUT2D eigenvalue weighted by atomic mass is 10.1. The summed E-state index contributed by atoms with van der Waals surface area (Å²) in [5, 5.41) is 8.33. The first-order valence-corrected chi connectivity index (χ1v) is 7.19. The van der Waals surface area contributed by atoms with E-state index in [1.807, 2.05) is 13.0 Å². The second-order valence-corrected chi connectivity index (χ2v) is 5.01. The lowest BCUT2D eigenvalue weighted by molar-refractivity contribution is -0.121. The van der Waals surface area contributed by atoms with Gasteiger partial charge >= 0.3 is 0 Å². The summed E-state index contributed by atoms with van der Waals surface area (Å²) in [5.74, 6) is 0.137. The standard InChI is InChI=1S/C13H22N2OS/c1-3-6-11(12-7-5-10-17-12)15-13(16)8-9-14-4-2/h5,7,10-11,14H,3-4,6,8-9H2,1-2H3,(H,15,16). The fourth-order valence-corrected chi connectivity index (χ4v) is 2.52. The van der Waals surface area contributed by atoms with E-state index in [0.29, 0.717) is 6.42 Å². The third kappa shape index (κ3) is 5.33. The van der Waals surface area contributed by atoms with Gasteiger partial charge in [-0.3, -0.25) is 4.79 Å². The minimum Gasteiger partial charge on any atom is -0.348 e. The Hall–Kier alpha value is -0.870. The van der Waals surface area contributed by atoms with Gasteiger partial charge in [-0.25, -0.2) is 0 Å². The fraction of sp³-hybridized carbons (Fsp3) is 0.615. The van der Waals surface area contributed by atoms with Crippen molar-refractivity contribution in [2.24, 2.45) is 0 Å². The van der Waals surface area contributed by atoms with E-state index in [-0.39, 0.29) is 11.9 Å². The zero-order valence-corrected chi connectivity index (χ0v) is 11.5. The molecule has 1 unspecified atom stereocenters. The Morgan fingerprint density at radius 2 is 2.29 bits per heavy atom. The average Bonchev–Trinajstić information content (AvgIpc) is 2.82. The van der Waals surface area contributed by atoms with Gasteiger partial charge in [-0.15, -0.1) is 11.3 Å². The van der Waals surface area contributed by atoms with Gasteiger partial charge in [0, 0.05) is 17.8 Å². The van der Waals surface area contributed by atoms with Crippen LogP contribution in [0.5, 0.6) is 0 Å². The van der Waals surface area contributed by atoms with E-state index < -0.39 is 0 Å². The molecular weight excluding hydrogens is 232 g/mol. The van der Waals surface area contributed by atoms with Gasteiger partial charge in [0.05, 0.1) is 6.04 Å². The van der Waals surface area contributed by atoms with Gasteiger partial charge in [-0.2, -0.15) is 0 Å². The van der Waals surface area contributed by atoms with E-state index in [2.05, 4.69) is 29.0 Å². The summed E-state index contributed by atoms with van der Waals surface area (Å²) in [6.07, 6.45) is 2.64. The van der Waals surface area contributed by atoms with E-state index in [4.69, 9.17) is 0 Å². The number of carbonyl (C=O) groups excluding carboxylic acids is 1. The van der Waals surface area contributed by atoms with Crippen LogP contribution < -0.4 is 10.6 Å². The molecule has 0 radical (unpaired) electrons. The highest BCUT2D eigenvalue weighted by Gasteiger charge is 2.14. The molecule has 17 heavy (non-hydrogen) atoms. The molecule has 0 saturated heterocycles. The smallest absolute Gasteiger partial charge is 0.221 e. The second-order valence-electron chi connectivity index (χ2n) is 4.03. The van der Waals surface area contributed by atoms with Crippen molar-refractivity contribution >= 4 is 17.2 Å². The summed E-state index contributed by atoms with van der Waals surface area (Å²) < 4.78 is 0. The van der Waals surface area contributed by atoms with Gasteiger partial charge in [0.25, 0.3) is 0 Å². The predicted octanol–water partition coefficient (Wildman–Crippen LogP) is 2.71. The van der Waals surface area contributed by atoms with Crippen LogP contribution in [0.2, 0.25) is 0 Å². The normalized spacial score (nSPS) is 12.4. The van der Waals surface area contributed by atoms with Crippen molar-refractivity contribution < 1.29 is 4.79 Å². The van der Waals surface area contributed by atoms with Gasteiger partial charge in [-0.1, -0.05) is 26.3 Å². The largest absolute Gasteiger partial charge is 0.348 e. The van der Waals surface area contributed by atoms with Gasteiger partial charge in [-0.05, 0) is 24.4 Å². The highest BCUT2D eigenvalue weighted by molar-refractivity contribution is 7.10. The van der Waals surface area contributed by atoms with E-state index in [9.17, 15) is 4.79 Å². The Morgan fingerprint density at radius 3 is 2.88 bits per heavy atom. The first-order valence-electron chi connectivity index (χ1n) is 6.31. The van der Waals surface area contributed by atoms with Gasteiger partial charge < -0.3 is 10.6 Å². The average molecular weight is 254 g/mol. The Bertz CT molecular complexity index is 311. The highest BCUT2D eigenvalue weighted by atomic mass is 32.1. The van der Waals surface area contributed by atoms with Gasteiger partial charge in [0.15, 0.2) is 0 Å². The molecule has 0 aliphatic rings. The number of carbonyl (C=O) groups is 1. The van der Waals surface area contributed by atoms with E-state index >= 15 is 0 Å². The molecular formula is C13H22N2OS. The Labute approximate surface area is 108 Å². The molecule has 0 aromatic carbocycles. The summed E-state index contributed by atoms with van der Waals surface area (Å²) >= 11 is 1.71. The number of hydrogen-bond donors (Lipinski definition) is 2. The Kier molecular flexibility index (Phi) is 6.89. The van der Waals surface area contributed by atoms with Crippen molar-refractivity contribution in [2.75, 3.05) is 13.1 Å². The van der Waals surface area contributed by atoms with Crippen LogP contribution in [0.1, 0.15) is 44.0 Å². The van der Waals surface area contributed by atoms with Crippen LogP contribution in [0.15, 0.2) is 17.5 Å². The summed E-state index contributed by atoms with van der Waals surface area (Å²) in [7, 11) is 0. The summed E-state index contributed by atoms with van der Waals surface area (Å²) in [5.41, 5.74) is 0. The molecule has 1 rings (SSSR count). The maximum Gasteiger partial charge on any atom is 0.221 e. The number of nitrogens with one attached hydrogen (secondary N) is 2. The molecule has 0 aliphatic carbocycles. The Balaban J connectivity index is 2.41. The number of thiophene rings is 1. The first-order chi connectivity index (χ1) is 8.27. The number of amides is 1. The third-order valence-corrected chi connectivity index (χ3v) is 3.56. The third-order valence-electron chi connectivity index (χ3n) is 2.58. The summed E-state index contributed by atoms with van der Waals surface area (Å²) in [6.45, 7) is 5.86. The van der Waals surface area contributed by atoms with Crippen molar-refractivity contribution in [3.8, 4) is 0 Å². The molecule has 4 heteroatoms. The van der Waals surface area contributed by atoms with Gasteiger partial charge in [0.1, 0.15) is 0 Å². The number of hydrogen-bond acceptors (Lipinski definition) is 3. The fourth-order valence-electron chi connectivity index (χ4n) is 1.71. The van der Waals surface area contributed by atoms with Crippen molar-refractivity contribution in [3.05, 3.63) is 22.4 Å². The molecule has 1 atom stereocenters. The van der Waals surface area contributed by atoms with Gasteiger partial charge in [0.2, 0.25) is 5.91 Å². The molecule has 0 bridgehead atoms. The van der Waals surface area contributed by atoms with Crippen LogP contribution in [0.4, 0.5) is 0 Å².